The van der Waals surface area contributed by atoms with E-state index in [1.165, 1.54) is 12.1 Å². The molecule has 7 nitrogen and oxygen atoms in total. The van der Waals surface area contributed by atoms with Gasteiger partial charge in [0.2, 0.25) is 0 Å². The van der Waals surface area contributed by atoms with Crippen LogP contribution in [0.2, 0.25) is 0 Å². The minimum atomic E-state index is -0.274. The molecule has 1 aliphatic heterocycles. The van der Waals surface area contributed by atoms with Crippen LogP contribution < -0.4 is 0 Å². The van der Waals surface area contributed by atoms with Crippen molar-refractivity contribution in [2.24, 2.45) is 13.0 Å². The number of furan rings is 1. The number of rotatable bonds is 8. The number of halogens is 1. The Kier molecular flexibility index (Phi) is 7.39. The SMILES string of the molecule is CCOC(=O)C[C@@H](c1ccc(F)cc1)C1CCN(Cn2nc(-c3ccco3)n(C)c2=S)CC1. The molecule has 3 heterocycles. The van der Waals surface area contributed by atoms with Crippen LogP contribution in [0.5, 0.6) is 0 Å². The molecule has 0 spiro atoms. The Hall–Kier alpha value is -2.78. The van der Waals surface area contributed by atoms with Crippen LogP contribution in [0.3, 0.4) is 0 Å². The van der Waals surface area contributed by atoms with Crippen LogP contribution in [0.25, 0.3) is 11.6 Å². The molecule has 0 bridgehead atoms. The van der Waals surface area contributed by atoms with Crippen molar-refractivity contribution in [2.45, 2.75) is 38.8 Å². The first-order valence-corrected chi connectivity index (χ1v) is 11.7. The molecule has 1 saturated heterocycles. The van der Waals surface area contributed by atoms with E-state index < -0.39 is 0 Å². The lowest BCUT2D eigenvalue weighted by atomic mass is 9.78. The number of piperidine rings is 1. The Bertz CT molecular complexity index is 1120. The normalized spacial score (nSPS) is 16.1. The first-order chi connectivity index (χ1) is 16.0. The topological polar surface area (TPSA) is 65.4 Å². The highest BCUT2D eigenvalue weighted by molar-refractivity contribution is 7.71. The van der Waals surface area contributed by atoms with Gasteiger partial charge in [0.15, 0.2) is 16.4 Å². The summed E-state index contributed by atoms with van der Waals surface area (Å²) in [6.45, 7) is 4.49. The molecule has 1 aliphatic rings. The number of hydrogen-bond acceptors (Lipinski definition) is 6. The van der Waals surface area contributed by atoms with Crippen LogP contribution in [0, 0.1) is 16.5 Å². The lowest BCUT2D eigenvalue weighted by Gasteiger charge is -2.36. The number of carbonyl (C=O) groups excluding carboxylic acids is 1. The van der Waals surface area contributed by atoms with Gasteiger partial charge in [0.05, 0.1) is 26.0 Å². The van der Waals surface area contributed by atoms with E-state index in [-0.39, 0.29) is 17.7 Å². The summed E-state index contributed by atoms with van der Waals surface area (Å²) >= 11 is 5.58. The summed E-state index contributed by atoms with van der Waals surface area (Å²) in [5.41, 5.74) is 0.984. The minimum absolute atomic E-state index is 0.00868. The van der Waals surface area contributed by atoms with Gasteiger partial charge in [0.1, 0.15) is 5.82 Å². The summed E-state index contributed by atoms with van der Waals surface area (Å²) in [5.74, 6) is 1.22. The fraction of sp³-hybridized carbons (Fsp3) is 0.458. The van der Waals surface area contributed by atoms with E-state index in [4.69, 9.17) is 21.4 Å². The average Bonchev–Trinajstić information content (AvgIpc) is 3.44. The molecule has 0 saturated carbocycles. The molecule has 2 aromatic heterocycles. The lowest BCUT2D eigenvalue weighted by molar-refractivity contribution is -0.144. The number of aromatic nitrogens is 3. The van der Waals surface area contributed by atoms with Crippen LogP contribution >= 0.6 is 12.2 Å². The highest BCUT2D eigenvalue weighted by Crippen LogP contribution is 2.36. The first kappa shape index (κ1) is 23.4. The van der Waals surface area contributed by atoms with Gasteiger partial charge in [0, 0.05) is 20.1 Å². The maximum atomic E-state index is 13.5. The average molecular weight is 473 g/mol. The van der Waals surface area contributed by atoms with Gasteiger partial charge >= 0.3 is 5.97 Å². The van der Waals surface area contributed by atoms with Gasteiger partial charge in [-0.2, -0.15) is 0 Å². The van der Waals surface area contributed by atoms with Crippen molar-refractivity contribution >= 4 is 18.2 Å². The fourth-order valence-electron chi connectivity index (χ4n) is 4.55. The van der Waals surface area contributed by atoms with E-state index >= 15 is 0 Å². The largest absolute Gasteiger partial charge is 0.466 e. The predicted octanol–water partition coefficient (Wildman–Crippen LogP) is 4.76. The summed E-state index contributed by atoms with van der Waals surface area (Å²) in [6, 6.07) is 10.2. The quantitative estimate of drug-likeness (QED) is 0.348. The zero-order valence-corrected chi connectivity index (χ0v) is 19.8. The summed E-state index contributed by atoms with van der Waals surface area (Å²) in [4.78, 5) is 14.6. The molecule has 0 aliphatic carbocycles. The third-order valence-electron chi connectivity index (χ3n) is 6.31. The van der Waals surface area contributed by atoms with Crippen LogP contribution in [0.1, 0.15) is 37.7 Å². The molecule has 0 amide bonds. The first-order valence-electron chi connectivity index (χ1n) is 11.3. The summed E-state index contributed by atoms with van der Waals surface area (Å²) < 4.78 is 28.5. The number of hydrogen-bond donors (Lipinski definition) is 0. The smallest absolute Gasteiger partial charge is 0.306 e. The van der Waals surface area contributed by atoms with Crippen LogP contribution in [0.15, 0.2) is 47.1 Å². The fourth-order valence-corrected chi connectivity index (χ4v) is 4.74. The van der Waals surface area contributed by atoms with Crippen LogP contribution in [0.4, 0.5) is 4.39 Å². The molecule has 0 unspecified atom stereocenters. The molecule has 33 heavy (non-hydrogen) atoms. The van der Waals surface area contributed by atoms with Gasteiger partial charge < -0.3 is 13.7 Å². The zero-order valence-electron chi connectivity index (χ0n) is 18.9. The van der Waals surface area contributed by atoms with E-state index in [1.54, 1.807) is 18.4 Å². The molecule has 3 aromatic rings. The summed E-state index contributed by atoms with van der Waals surface area (Å²) in [5, 5.41) is 4.66. The number of likely N-dealkylation sites (tertiary alicyclic amines) is 1. The maximum absolute atomic E-state index is 13.5. The molecule has 4 rings (SSSR count). The van der Waals surface area contributed by atoms with Crippen molar-refractivity contribution in [1.82, 2.24) is 19.2 Å². The van der Waals surface area contributed by atoms with E-state index in [0.717, 1.165) is 31.5 Å². The van der Waals surface area contributed by atoms with Crippen molar-refractivity contribution in [3.8, 4) is 11.6 Å². The second-order valence-corrected chi connectivity index (χ2v) is 8.77. The molecular formula is C24H29FN4O3S. The molecule has 176 valence electrons. The van der Waals surface area contributed by atoms with Gasteiger partial charge in [-0.15, -0.1) is 5.10 Å². The number of ether oxygens (including phenoxy) is 1. The van der Waals surface area contributed by atoms with Crippen molar-refractivity contribution in [3.63, 3.8) is 0 Å². The zero-order chi connectivity index (χ0) is 23.4. The standard InChI is InChI=1S/C24H29FN4O3S/c1-3-31-22(30)15-20(17-6-8-19(25)9-7-17)18-10-12-28(13-11-18)16-29-24(33)27(2)23(26-29)21-5-4-14-32-21/h4-9,14,18,20H,3,10-13,15-16H2,1-2H3/t20-/m0/s1. The summed E-state index contributed by atoms with van der Waals surface area (Å²) in [7, 11) is 1.89. The second kappa shape index (κ2) is 10.4. The van der Waals surface area contributed by atoms with E-state index in [1.807, 2.05) is 35.4 Å². The van der Waals surface area contributed by atoms with Crippen LogP contribution in [-0.4, -0.2) is 44.9 Å². The monoisotopic (exact) mass is 472 g/mol. The Labute approximate surface area is 197 Å². The Morgan fingerprint density at radius 3 is 2.64 bits per heavy atom. The number of benzene rings is 1. The number of carbonyl (C=O) groups is 1. The third-order valence-corrected chi connectivity index (χ3v) is 6.79. The van der Waals surface area contributed by atoms with Gasteiger partial charge in [-0.3, -0.25) is 9.69 Å². The van der Waals surface area contributed by atoms with Crippen molar-refractivity contribution in [3.05, 3.63) is 58.8 Å². The summed E-state index contributed by atoms with van der Waals surface area (Å²) in [6.07, 6.45) is 3.78. The number of esters is 1. The minimum Gasteiger partial charge on any atom is -0.466 e. The van der Waals surface area contributed by atoms with E-state index in [0.29, 0.717) is 42.0 Å². The predicted molar refractivity (Wildman–Crippen MR) is 124 cm³/mol. The number of nitrogens with zero attached hydrogens (tertiary/aromatic N) is 4. The Balaban J connectivity index is 1.43. The van der Waals surface area contributed by atoms with Gasteiger partial charge in [-0.1, -0.05) is 12.1 Å². The highest BCUT2D eigenvalue weighted by atomic mass is 32.1. The maximum Gasteiger partial charge on any atom is 0.306 e. The van der Waals surface area contributed by atoms with E-state index in [2.05, 4.69) is 10.00 Å². The second-order valence-electron chi connectivity index (χ2n) is 8.41. The lowest BCUT2D eigenvalue weighted by Crippen LogP contribution is -2.37. The van der Waals surface area contributed by atoms with E-state index in [9.17, 15) is 9.18 Å². The van der Waals surface area contributed by atoms with Crippen molar-refractivity contribution < 1.29 is 18.3 Å². The van der Waals surface area contributed by atoms with Crippen LogP contribution in [-0.2, 0) is 23.2 Å². The highest BCUT2D eigenvalue weighted by Gasteiger charge is 2.30. The molecule has 9 heteroatoms. The molecule has 0 radical (unpaired) electrons. The molecule has 1 aromatic carbocycles. The van der Waals surface area contributed by atoms with Gasteiger partial charge in [0.25, 0.3) is 0 Å². The molecule has 1 atom stereocenters. The molecule has 0 N–H and O–H groups in total. The van der Waals surface area contributed by atoms with Gasteiger partial charge in [-0.25, -0.2) is 9.07 Å². The molecule has 1 fully saturated rings. The van der Waals surface area contributed by atoms with Gasteiger partial charge in [-0.05, 0) is 73.6 Å². The van der Waals surface area contributed by atoms with Crippen molar-refractivity contribution in [1.29, 1.82) is 0 Å². The Morgan fingerprint density at radius 1 is 1.27 bits per heavy atom. The van der Waals surface area contributed by atoms with Crippen molar-refractivity contribution in [2.75, 3.05) is 19.7 Å². The molecular weight excluding hydrogens is 443 g/mol. The Morgan fingerprint density at radius 2 is 2.00 bits per heavy atom. The third kappa shape index (κ3) is 5.42.